The van der Waals surface area contributed by atoms with Crippen molar-refractivity contribution in [2.45, 2.75) is 39.3 Å². The first-order valence-electron chi connectivity index (χ1n) is 8.54. The molecule has 1 heterocycles. The lowest BCUT2D eigenvalue weighted by Crippen LogP contribution is -2.42. The molecule has 2 N–H and O–H groups in total. The van der Waals surface area contributed by atoms with Gasteiger partial charge in [0.05, 0.1) is 5.75 Å². The molecule has 0 aromatic heterocycles. The maximum atomic E-state index is 12.8. The normalized spacial score (nSPS) is 17.8. The molecule has 7 heteroatoms. The Morgan fingerprint density at radius 3 is 2.54 bits per heavy atom. The van der Waals surface area contributed by atoms with E-state index in [9.17, 15) is 13.2 Å². The molecule has 0 bridgehead atoms. The van der Waals surface area contributed by atoms with Crippen LogP contribution in [0.4, 0.5) is 0 Å². The Bertz CT molecular complexity index is 638. The Balaban J connectivity index is 2.03. The first-order chi connectivity index (χ1) is 11.5. The third-order valence-corrected chi connectivity index (χ3v) is 5.62. The van der Waals surface area contributed by atoms with Crippen LogP contribution in [-0.2, 0) is 16.6 Å². The molecular weight excluding hydrogens is 326 g/mol. The van der Waals surface area contributed by atoms with Gasteiger partial charge >= 0.3 is 0 Å². The Morgan fingerprint density at radius 1 is 1.29 bits per heavy atom. The van der Waals surface area contributed by atoms with Crippen LogP contribution >= 0.6 is 0 Å². The summed E-state index contributed by atoms with van der Waals surface area (Å²) in [5.41, 5.74) is 1.49. The van der Waals surface area contributed by atoms with Crippen molar-refractivity contribution in [3.8, 4) is 0 Å². The van der Waals surface area contributed by atoms with E-state index in [1.165, 1.54) is 0 Å². The highest BCUT2D eigenvalue weighted by Crippen LogP contribution is 2.15. The molecule has 1 amide bonds. The molecule has 1 unspecified atom stereocenters. The number of benzene rings is 1. The molecule has 1 atom stereocenters. The van der Waals surface area contributed by atoms with Gasteiger partial charge in [-0.05, 0) is 44.0 Å². The van der Waals surface area contributed by atoms with E-state index in [0.717, 1.165) is 38.0 Å². The number of carbonyl (C=O) groups is 1. The molecule has 2 rings (SSSR count). The molecule has 134 valence electrons. The molecule has 24 heavy (non-hydrogen) atoms. The van der Waals surface area contributed by atoms with Gasteiger partial charge in [-0.3, -0.25) is 4.79 Å². The second-order valence-corrected chi connectivity index (χ2v) is 8.16. The van der Waals surface area contributed by atoms with Crippen LogP contribution in [0, 0.1) is 0 Å². The molecule has 1 aliphatic heterocycles. The highest BCUT2D eigenvalue weighted by atomic mass is 32.2. The highest BCUT2D eigenvalue weighted by Gasteiger charge is 2.26. The summed E-state index contributed by atoms with van der Waals surface area (Å²) >= 11 is 0. The molecule has 1 aromatic rings. The van der Waals surface area contributed by atoms with Crippen molar-refractivity contribution in [2.24, 2.45) is 0 Å². The van der Waals surface area contributed by atoms with Crippen LogP contribution in [0.25, 0.3) is 0 Å². The van der Waals surface area contributed by atoms with Crippen molar-refractivity contribution in [2.75, 3.05) is 25.4 Å². The molecule has 6 nitrogen and oxygen atoms in total. The van der Waals surface area contributed by atoms with Crippen LogP contribution in [0.15, 0.2) is 24.3 Å². The molecular formula is C17H27N3O3S. The predicted octanol–water partition coefficient (Wildman–Crippen LogP) is 1.34. The zero-order chi connectivity index (χ0) is 17.6. The minimum absolute atomic E-state index is 0.0474. The molecule has 0 radical (unpaired) electrons. The smallest absolute Gasteiger partial charge is 0.254 e. The number of hydrogen-bond acceptors (Lipinski definition) is 4. The van der Waals surface area contributed by atoms with Crippen molar-refractivity contribution < 1.29 is 13.2 Å². The van der Waals surface area contributed by atoms with E-state index in [1.807, 2.05) is 17.0 Å². The van der Waals surface area contributed by atoms with Gasteiger partial charge in [-0.15, -0.1) is 0 Å². The minimum atomic E-state index is -3.21. The van der Waals surface area contributed by atoms with Gasteiger partial charge in [-0.2, -0.15) is 0 Å². The molecule has 0 aliphatic carbocycles. The van der Waals surface area contributed by atoms with Crippen molar-refractivity contribution in [3.05, 3.63) is 35.4 Å². The first kappa shape index (κ1) is 18.9. The Hall–Kier alpha value is -1.44. The van der Waals surface area contributed by atoms with Crippen LogP contribution < -0.4 is 10.0 Å². The molecule has 1 saturated heterocycles. The van der Waals surface area contributed by atoms with E-state index in [1.54, 1.807) is 19.1 Å². The molecule has 1 fully saturated rings. The number of amides is 1. The van der Waals surface area contributed by atoms with Crippen LogP contribution in [0.2, 0.25) is 0 Å². The van der Waals surface area contributed by atoms with E-state index >= 15 is 0 Å². The fourth-order valence-electron chi connectivity index (χ4n) is 2.82. The van der Waals surface area contributed by atoms with Crippen molar-refractivity contribution in [1.29, 1.82) is 0 Å². The standard InChI is InChI=1S/C17H27N3O3S/c1-3-11-20(16-9-10-18-13-16)17(21)15-7-5-14(6-8-15)12-19-24(22,23)4-2/h5-8,16,18-19H,3-4,9-13H2,1-2H3. The minimum Gasteiger partial charge on any atom is -0.334 e. The lowest BCUT2D eigenvalue weighted by Gasteiger charge is -2.28. The fourth-order valence-corrected chi connectivity index (χ4v) is 3.41. The van der Waals surface area contributed by atoms with Crippen molar-refractivity contribution in [1.82, 2.24) is 14.9 Å². The van der Waals surface area contributed by atoms with Gasteiger partial charge in [0.15, 0.2) is 0 Å². The third-order valence-electron chi connectivity index (χ3n) is 4.28. The van der Waals surface area contributed by atoms with Gasteiger partial charge in [0.2, 0.25) is 10.0 Å². The summed E-state index contributed by atoms with van der Waals surface area (Å²) in [5.74, 6) is 0.108. The Morgan fingerprint density at radius 2 is 2.00 bits per heavy atom. The number of rotatable bonds is 8. The highest BCUT2D eigenvalue weighted by molar-refractivity contribution is 7.89. The quantitative estimate of drug-likeness (QED) is 0.739. The van der Waals surface area contributed by atoms with E-state index in [-0.39, 0.29) is 24.2 Å². The summed E-state index contributed by atoms with van der Waals surface area (Å²) in [7, 11) is -3.21. The first-order valence-corrected chi connectivity index (χ1v) is 10.2. The van der Waals surface area contributed by atoms with E-state index < -0.39 is 10.0 Å². The number of nitrogens with one attached hydrogen (secondary N) is 2. The SMILES string of the molecule is CCCN(C(=O)c1ccc(CNS(=O)(=O)CC)cc1)C1CCNC1. The number of nitrogens with zero attached hydrogens (tertiary/aromatic N) is 1. The number of carbonyl (C=O) groups excluding carboxylic acids is 1. The van der Waals surface area contributed by atoms with E-state index in [2.05, 4.69) is 17.0 Å². The van der Waals surface area contributed by atoms with E-state index in [4.69, 9.17) is 0 Å². The topological polar surface area (TPSA) is 78.5 Å². The summed E-state index contributed by atoms with van der Waals surface area (Å²) in [5, 5.41) is 3.30. The summed E-state index contributed by atoms with van der Waals surface area (Å²) < 4.78 is 25.5. The van der Waals surface area contributed by atoms with Gasteiger partial charge in [0.1, 0.15) is 0 Å². The Labute approximate surface area is 144 Å². The zero-order valence-corrected chi connectivity index (χ0v) is 15.2. The summed E-state index contributed by atoms with van der Waals surface area (Å²) in [6.07, 6.45) is 1.92. The van der Waals surface area contributed by atoms with Gasteiger partial charge in [0.25, 0.3) is 5.91 Å². The van der Waals surface area contributed by atoms with Crippen molar-refractivity contribution >= 4 is 15.9 Å². The maximum Gasteiger partial charge on any atom is 0.254 e. The summed E-state index contributed by atoms with van der Waals surface area (Å²) in [4.78, 5) is 14.7. The average molecular weight is 353 g/mol. The zero-order valence-electron chi connectivity index (χ0n) is 14.4. The molecule has 0 spiro atoms. The van der Waals surface area contributed by atoms with Crippen LogP contribution in [-0.4, -0.2) is 50.7 Å². The number of hydrogen-bond donors (Lipinski definition) is 2. The third kappa shape index (κ3) is 5.03. The van der Waals surface area contributed by atoms with Crippen LogP contribution in [0.5, 0.6) is 0 Å². The van der Waals surface area contributed by atoms with Gasteiger partial charge in [-0.25, -0.2) is 13.1 Å². The second-order valence-electron chi connectivity index (χ2n) is 6.07. The van der Waals surface area contributed by atoms with E-state index in [0.29, 0.717) is 5.56 Å². The number of sulfonamides is 1. The fraction of sp³-hybridized carbons (Fsp3) is 0.588. The largest absolute Gasteiger partial charge is 0.334 e. The average Bonchev–Trinajstić information content (AvgIpc) is 3.12. The van der Waals surface area contributed by atoms with Gasteiger partial charge in [-0.1, -0.05) is 19.1 Å². The predicted molar refractivity (Wildman–Crippen MR) is 95.3 cm³/mol. The van der Waals surface area contributed by atoms with Crippen molar-refractivity contribution in [3.63, 3.8) is 0 Å². The summed E-state index contributed by atoms with van der Waals surface area (Å²) in [6, 6.07) is 7.44. The summed E-state index contributed by atoms with van der Waals surface area (Å²) in [6.45, 7) is 6.48. The molecule has 1 aromatic carbocycles. The van der Waals surface area contributed by atoms with Crippen LogP contribution in [0.3, 0.4) is 0 Å². The van der Waals surface area contributed by atoms with Gasteiger partial charge in [0, 0.05) is 31.2 Å². The molecule has 0 saturated carbocycles. The molecule has 1 aliphatic rings. The Kier molecular flexibility index (Phi) is 6.77. The lowest BCUT2D eigenvalue weighted by molar-refractivity contribution is 0.0692. The monoisotopic (exact) mass is 353 g/mol. The maximum absolute atomic E-state index is 12.8. The van der Waals surface area contributed by atoms with Crippen LogP contribution in [0.1, 0.15) is 42.6 Å². The second kappa shape index (κ2) is 8.60. The lowest BCUT2D eigenvalue weighted by atomic mass is 10.1. The van der Waals surface area contributed by atoms with Gasteiger partial charge < -0.3 is 10.2 Å².